The van der Waals surface area contributed by atoms with Crippen LogP contribution >= 0.6 is 0 Å². The van der Waals surface area contributed by atoms with Crippen LogP contribution in [0, 0.1) is 5.82 Å². The number of anilines is 1. The molecule has 0 atom stereocenters. The Morgan fingerprint density at radius 3 is 2.25 bits per heavy atom. The van der Waals surface area contributed by atoms with E-state index in [1.807, 2.05) is 13.8 Å². The zero-order chi connectivity index (χ0) is 20.3. The monoisotopic (exact) mass is 383 g/mol. The van der Waals surface area contributed by atoms with Gasteiger partial charge >= 0.3 is 11.8 Å². The van der Waals surface area contributed by atoms with Gasteiger partial charge in [-0.1, -0.05) is 12.1 Å². The number of hydrogen-bond donors (Lipinski definition) is 1. The number of halogens is 1. The lowest BCUT2D eigenvalue weighted by Crippen LogP contribution is -2.55. The quantitative estimate of drug-likeness (QED) is 0.807. The standard InChI is InChI=1S/C21H22FN3O3/c1-14(2)25-12-11-24(20(27)21(25)28)13-15-3-5-16(6-4-15)19(26)23-18-9-7-17(22)8-10-18/h3-10,14H,11-13H2,1-2H3,(H,23,26). The molecule has 1 fully saturated rings. The number of rotatable bonds is 5. The smallest absolute Gasteiger partial charge is 0.312 e. The second-order valence-corrected chi connectivity index (χ2v) is 6.98. The van der Waals surface area contributed by atoms with Gasteiger partial charge in [-0.25, -0.2) is 4.39 Å². The van der Waals surface area contributed by atoms with Crippen molar-refractivity contribution in [3.63, 3.8) is 0 Å². The Labute approximate surface area is 162 Å². The lowest BCUT2D eigenvalue weighted by Gasteiger charge is -2.36. The van der Waals surface area contributed by atoms with Gasteiger partial charge in [0.1, 0.15) is 5.82 Å². The molecule has 0 spiro atoms. The van der Waals surface area contributed by atoms with Crippen molar-refractivity contribution in [3.05, 3.63) is 65.5 Å². The van der Waals surface area contributed by atoms with Gasteiger partial charge in [0.15, 0.2) is 0 Å². The Bertz CT molecular complexity index is 879. The molecule has 7 heteroatoms. The number of carbonyl (C=O) groups excluding carboxylic acids is 3. The summed E-state index contributed by atoms with van der Waals surface area (Å²) >= 11 is 0. The molecule has 2 aromatic rings. The number of piperazine rings is 1. The van der Waals surface area contributed by atoms with Crippen molar-refractivity contribution >= 4 is 23.4 Å². The van der Waals surface area contributed by atoms with Gasteiger partial charge in [0.2, 0.25) is 0 Å². The van der Waals surface area contributed by atoms with Crippen molar-refractivity contribution in [2.45, 2.75) is 26.4 Å². The van der Waals surface area contributed by atoms with Gasteiger partial charge in [-0.05, 0) is 55.8 Å². The number of nitrogens with one attached hydrogen (secondary N) is 1. The topological polar surface area (TPSA) is 69.7 Å². The van der Waals surface area contributed by atoms with E-state index in [2.05, 4.69) is 5.32 Å². The molecule has 0 aromatic heterocycles. The third-order valence-corrected chi connectivity index (χ3v) is 4.66. The summed E-state index contributed by atoms with van der Waals surface area (Å²) in [5, 5.41) is 2.69. The highest BCUT2D eigenvalue weighted by atomic mass is 19.1. The predicted octanol–water partition coefficient (Wildman–Crippen LogP) is 2.66. The van der Waals surface area contributed by atoms with Crippen molar-refractivity contribution in [1.29, 1.82) is 0 Å². The summed E-state index contributed by atoms with van der Waals surface area (Å²) in [7, 11) is 0. The molecule has 0 bridgehead atoms. The molecule has 3 amide bonds. The van der Waals surface area contributed by atoms with Crippen LogP contribution in [0.3, 0.4) is 0 Å². The molecule has 0 radical (unpaired) electrons. The van der Waals surface area contributed by atoms with E-state index in [0.717, 1.165) is 5.56 Å². The van der Waals surface area contributed by atoms with E-state index in [-0.39, 0.29) is 17.8 Å². The van der Waals surface area contributed by atoms with E-state index in [1.54, 1.807) is 29.2 Å². The molecule has 6 nitrogen and oxygen atoms in total. The maximum Gasteiger partial charge on any atom is 0.312 e. The van der Waals surface area contributed by atoms with Gasteiger partial charge < -0.3 is 15.1 Å². The Balaban J connectivity index is 1.61. The van der Waals surface area contributed by atoms with Crippen molar-refractivity contribution in [2.24, 2.45) is 0 Å². The molecule has 28 heavy (non-hydrogen) atoms. The summed E-state index contributed by atoms with van der Waals surface area (Å²) in [6.45, 7) is 5.08. The van der Waals surface area contributed by atoms with Crippen LogP contribution in [0.1, 0.15) is 29.8 Å². The summed E-state index contributed by atoms with van der Waals surface area (Å²) < 4.78 is 12.9. The molecular formula is C21H22FN3O3. The fourth-order valence-corrected chi connectivity index (χ4v) is 3.05. The minimum atomic E-state index is -0.502. The Hall–Kier alpha value is -3.22. The van der Waals surface area contributed by atoms with Crippen LogP contribution in [0.15, 0.2) is 48.5 Å². The van der Waals surface area contributed by atoms with Crippen molar-refractivity contribution in [3.8, 4) is 0 Å². The highest BCUT2D eigenvalue weighted by Crippen LogP contribution is 2.15. The minimum absolute atomic E-state index is 0.00231. The van der Waals surface area contributed by atoms with Crippen molar-refractivity contribution < 1.29 is 18.8 Å². The molecule has 1 heterocycles. The Kier molecular flexibility index (Phi) is 5.73. The van der Waals surface area contributed by atoms with Gasteiger partial charge in [-0.15, -0.1) is 0 Å². The van der Waals surface area contributed by atoms with Gasteiger partial charge in [0.25, 0.3) is 5.91 Å². The SMILES string of the molecule is CC(C)N1CCN(Cc2ccc(C(=O)Nc3ccc(F)cc3)cc2)C(=O)C1=O. The van der Waals surface area contributed by atoms with Gasteiger partial charge in [0, 0.05) is 36.9 Å². The fourth-order valence-electron chi connectivity index (χ4n) is 3.05. The van der Waals surface area contributed by atoms with Crippen LogP contribution in [0.5, 0.6) is 0 Å². The number of benzene rings is 2. The van der Waals surface area contributed by atoms with E-state index in [1.165, 1.54) is 29.2 Å². The van der Waals surface area contributed by atoms with Crippen LogP contribution in [0.25, 0.3) is 0 Å². The van der Waals surface area contributed by atoms with Crippen molar-refractivity contribution in [1.82, 2.24) is 9.80 Å². The van der Waals surface area contributed by atoms with E-state index in [9.17, 15) is 18.8 Å². The molecule has 1 saturated heterocycles. The minimum Gasteiger partial charge on any atom is -0.330 e. The maximum atomic E-state index is 12.9. The number of carbonyl (C=O) groups is 3. The number of hydrogen-bond acceptors (Lipinski definition) is 3. The first kappa shape index (κ1) is 19.5. The van der Waals surface area contributed by atoms with Crippen LogP contribution in [-0.2, 0) is 16.1 Å². The lowest BCUT2D eigenvalue weighted by molar-refractivity contribution is -0.157. The van der Waals surface area contributed by atoms with E-state index in [0.29, 0.717) is 30.9 Å². The molecule has 1 aliphatic heterocycles. The summed E-state index contributed by atoms with van der Waals surface area (Å²) in [6.07, 6.45) is 0. The molecule has 0 unspecified atom stereocenters. The second-order valence-electron chi connectivity index (χ2n) is 6.98. The summed E-state index contributed by atoms with van der Waals surface area (Å²) in [4.78, 5) is 39.8. The Morgan fingerprint density at radius 2 is 1.64 bits per heavy atom. The molecule has 3 rings (SSSR count). The first-order chi connectivity index (χ1) is 13.3. The first-order valence-corrected chi connectivity index (χ1v) is 9.11. The largest absolute Gasteiger partial charge is 0.330 e. The third-order valence-electron chi connectivity index (χ3n) is 4.66. The van der Waals surface area contributed by atoms with Crippen LogP contribution < -0.4 is 5.32 Å². The molecule has 1 aliphatic rings. The van der Waals surface area contributed by atoms with Gasteiger partial charge in [0.05, 0.1) is 0 Å². The molecule has 1 N–H and O–H groups in total. The Morgan fingerprint density at radius 1 is 1.00 bits per heavy atom. The van der Waals surface area contributed by atoms with Crippen LogP contribution in [0.2, 0.25) is 0 Å². The predicted molar refractivity (Wildman–Crippen MR) is 103 cm³/mol. The van der Waals surface area contributed by atoms with Gasteiger partial charge in [-0.2, -0.15) is 0 Å². The fraction of sp³-hybridized carbons (Fsp3) is 0.286. The molecule has 2 aromatic carbocycles. The molecule has 0 aliphatic carbocycles. The molecular weight excluding hydrogens is 361 g/mol. The second kappa shape index (κ2) is 8.21. The maximum absolute atomic E-state index is 12.9. The van der Waals surface area contributed by atoms with E-state index in [4.69, 9.17) is 0 Å². The van der Waals surface area contributed by atoms with Crippen LogP contribution in [-0.4, -0.2) is 46.7 Å². The first-order valence-electron chi connectivity index (χ1n) is 9.11. The summed E-state index contributed by atoms with van der Waals surface area (Å²) in [6, 6.07) is 12.3. The lowest BCUT2D eigenvalue weighted by atomic mass is 10.1. The number of nitrogens with zero attached hydrogens (tertiary/aromatic N) is 2. The summed E-state index contributed by atoms with van der Waals surface area (Å²) in [5.41, 5.74) is 1.78. The summed E-state index contributed by atoms with van der Waals surface area (Å²) in [5.74, 6) is -1.66. The molecule has 146 valence electrons. The number of amides is 3. The van der Waals surface area contributed by atoms with E-state index >= 15 is 0 Å². The molecule has 0 saturated carbocycles. The van der Waals surface area contributed by atoms with Crippen LogP contribution in [0.4, 0.5) is 10.1 Å². The normalized spacial score (nSPS) is 14.6. The zero-order valence-corrected chi connectivity index (χ0v) is 15.8. The third kappa shape index (κ3) is 4.36. The van der Waals surface area contributed by atoms with E-state index < -0.39 is 11.8 Å². The zero-order valence-electron chi connectivity index (χ0n) is 15.8. The highest BCUT2D eigenvalue weighted by molar-refractivity contribution is 6.35. The highest BCUT2D eigenvalue weighted by Gasteiger charge is 2.33. The van der Waals surface area contributed by atoms with Gasteiger partial charge in [-0.3, -0.25) is 14.4 Å². The average molecular weight is 383 g/mol. The van der Waals surface area contributed by atoms with Crippen molar-refractivity contribution in [2.75, 3.05) is 18.4 Å². The average Bonchev–Trinajstić information content (AvgIpc) is 2.67.